The molecule has 5 rings (SSSR count). The summed E-state index contributed by atoms with van der Waals surface area (Å²) in [5.41, 5.74) is 1.57. The Labute approximate surface area is 205 Å². The number of fused-ring (bicyclic) bond motifs is 1. The maximum Gasteiger partial charge on any atom is 0.253 e. The number of rotatable bonds is 5. The van der Waals surface area contributed by atoms with Crippen LogP contribution >= 0.6 is 11.3 Å². The topological polar surface area (TPSA) is 73.8 Å². The van der Waals surface area contributed by atoms with Crippen LogP contribution in [-0.4, -0.2) is 72.7 Å². The van der Waals surface area contributed by atoms with Gasteiger partial charge in [-0.15, -0.1) is 11.3 Å². The van der Waals surface area contributed by atoms with E-state index >= 15 is 0 Å². The normalized spacial score (nSPS) is 20.6. The summed E-state index contributed by atoms with van der Waals surface area (Å²) in [5.74, 6) is 0.327. The van der Waals surface area contributed by atoms with Crippen LogP contribution in [0.15, 0.2) is 53.4 Å². The van der Waals surface area contributed by atoms with Crippen molar-refractivity contribution in [3.8, 4) is 0 Å². The number of nitrogens with zero attached hydrogens (tertiary/aromatic N) is 4. The van der Waals surface area contributed by atoms with Crippen molar-refractivity contribution >= 4 is 37.5 Å². The summed E-state index contributed by atoms with van der Waals surface area (Å²) in [6, 6.07) is 14.6. The van der Waals surface area contributed by atoms with Gasteiger partial charge in [0.15, 0.2) is 0 Å². The summed E-state index contributed by atoms with van der Waals surface area (Å²) in [7, 11) is -3.51. The quantitative estimate of drug-likeness (QED) is 0.537. The number of benzene rings is 2. The lowest BCUT2D eigenvalue weighted by atomic mass is 10.0. The van der Waals surface area contributed by atoms with Gasteiger partial charge < -0.3 is 4.90 Å². The number of para-hydroxylation sites is 1. The van der Waals surface area contributed by atoms with Gasteiger partial charge in [-0.2, -0.15) is 4.31 Å². The van der Waals surface area contributed by atoms with Gasteiger partial charge in [-0.05, 0) is 55.2 Å². The van der Waals surface area contributed by atoms with Crippen LogP contribution in [-0.2, 0) is 16.6 Å². The zero-order chi connectivity index (χ0) is 23.7. The fourth-order valence-corrected chi connectivity index (χ4v) is 7.36. The van der Waals surface area contributed by atoms with Crippen LogP contribution in [0.3, 0.4) is 0 Å². The monoisotopic (exact) mass is 498 g/mol. The summed E-state index contributed by atoms with van der Waals surface area (Å²) < 4.78 is 28.7. The van der Waals surface area contributed by atoms with Gasteiger partial charge in [0, 0.05) is 44.8 Å². The minimum Gasteiger partial charge on any atom is -0.336 e. The summed E-state index contributed by atoms with van der Waals surface area (Å²) >= 11 is 1.72. The Hall–Kier alpha value is -2.33. The van der Waals surface area contributed by atoms with E-state index in [0.717, 1.165) is 43.0 Å². The van der Waals surface area contributed by atoms with Crippen molar-refractivity contribution in [1.82, 2.24) is 19.1 Å². The molecule has 0 spiro atoms. The van der Waals surface area contributed by atoms with Crippen LogP contribution in [0.2, 0.25) is 0 Å². The lowest BCUT2D eigenvalue weighted by Gasteiger charge is -2.34. The number of piperazine rings is 1. The molecule has 2 aromatic carbocycles. The van der Waals surface area contributed by atoms with Crippen molar-refractivity contribution in [2.24, 2.45) is 5.92 Å². The van der Waals surface area contributed by atoms with Gasteiger partial charge in [0.2, 0.25) is 10.0 Å². The van der Waals surface area contributed by atoms with E-state index in [1.165, 1.54) is 4.70 Å². The minimum atomic E-state index is -3.51. The fraction of sp³-hybridized carbons (Fsp3) is 0.440. The van der Waals surface area contributed by atoms with Crippen molar-refractivity contribution in [2.75, 3.05) is 39.3 Å². The zero-order valence-electron chi connectivity index (χ0n) is 19.4. The molecule has 2 saturated heterocycles. The van der Waals surface area contributed by atoms with E-state index in [9.17, 15) is 13.2 Å². The Kier molecular flexibility index (Phi) is 6.70. The lowest BCUT2D eigenvalue weighted by molar-refractivity contribution is 0.0628. The molecule has 1 atom stereocenters. The number of sulfonamides is 1. The van der Waals surface area contributed by atoms with Crippen molar-refractivity contribution in [2.45, 2.75) is 31.2 Å². The molecule has 7 nitrogen and oxygen atoms in total. The molecule has 0 aliphatic carbocycles. The minimum absolute atomic E-state index is 0.0461. The van der Waals surface area contributed by atoms with E-state index < -0.39 is 10.0 Å². The highest BCUT2D eigenvalue weighted by Crippen LogP contribution is 2.25. The molecule has 3 aromatic rings. The first-order valence-corrected chi connectivity index (χ1v) is 14.1. The van der Waals surface area contributed by atoms with Crippen molar-refractivity contribution in [3.05, 3.63) is 59.1 Å². The third-order valence-corrected chi connectivity index (χ3v) is 9.62. The first-order chi connectivity index (χ1) is 16.4. The number of hydrogen-bond donors (Lipinski definition) is 0. The molecule has 2 aliphatic rings. The molecule has 3 heterocycles. The Morgan fingerprint density at radius 2 is 1.76 bits per heavy atom. The second-order valence-electron chi connectivity index (χ2n) is 9.28. The smallest absolute Gasteiger partial charge is 0.253 e. The summed E-state index contributed by atoms with van der Waals surface area (Å²) in [4.78, 5) is 22.2. The predicted molar refractivity (Wildman–Crippen MR) is 134 cm³/mol. The lowest BCUT2D eigenvalue weighted by Crippen LogP contribution is -2.48. The van der Waals surface area contributed by atoms with E-state index in [4.69, 9.17) is 4.98 Å². The second kappa shape index (κ2) is 9.73. The first-order valence-electron chi connectivity index (χ1n) is 11.9. The average Bonchev–Trinajstić information content (AvgIpc) is 3.26. The summed E-state index contributed by atoms with van der Waals surface area (Å²) in [6.45, 7) is 6.89. The van der Waals surface area contributed by atoms with E-state index in [0.29, 0.717) is 37.7 Å². The molecule has 34 heavy (non-hydrogen) atoms. The summed E-state index contributed by atoms with van der Waals surface area (Å²) in [5, 5.41) is 1.10. The van der Waals surface area contributed by atoms with Crippen molar-refractivity contribution < 1.29 is 13.2 Å². The Balaban J connectivity index is 1.18. The van der Waals surface area contributed by atoms with E-state index in [-0.39, 0.29) is 10.8 Å². The molecular weight excluding hydrogens is 468 g/mol. The first kappa shape index (κ1) is 23.4. The molecule has 180 valence electrons. The van der Waals surface area contributed by atoms with E-state index in [1.807, 2.05) is 23.1 Å². The molecule has 2 aliphatic heterocycles. The van der Waals surface area contributed by atoms with Gasteiger partial charge in [-0.1, -0.05) is 19.1 Å². The highest BCUT2D eigenvalue weighted by Gasteiger charge is 2.29. The van der Waals surface area contributed by atoms with Gasteiger partial charge >= 0.3 is 0 Å². The molecule has 0 saturated carbocycles. The number of aromatic nitrogens is 1. The highest BCUT2D eigenvalue weighted by molar-refractivity contribution is 7.89. The SMILES string of the molecule is CC1CCCN(S(=O)(=O)c2ccc(C(=O)N3CCN(Cc4nc5ccccc5s4)CC3)cc2)C1. The maximum absolute atomic E-state index is 13.0. The Morgan fingerprint density at radius 1 is 1.03 bits per heavy atom. The number of thiazole rings is 1. The maximum atomic E-state index is 13.0. The molecule has 1 unspecified atom stereocenters. The second-order valence-corrected chi connectivity index (χ2v) is 12.3. The van der Waals surface area contributed by atoms with Crippen molar-refractivity contribution in [1.29, 1.82) is 0 Å². The van der Waals surface area contributed by atoms with Crippen LogP contribution in [0, 0.1) is 5.92 Å². The fourth-order valence-electron chi connectivity index (χ4n) is 4.75. The number of amides is 1. The summed E-state index contributed by atoms with van der Waals surface area (Å²) in [6.07, 6.45) is 1.95. The molecular formula is C25H30N4O3S2. The van der Waals surface area contributed by atoms with Crippen LogP contribution in [0.1, 0.15) is 35.1 Å². The molecule has 9 heteroatoms. The van der Waals surface area contributed by atoms with Crippen LogP contribution in [0.5, 0.6) is 0 Å². The highest BCUT2D eigenvalue weighted by atomic mass is 32.2. The van der Waals surface area contributed by atoms with Gasteiger partial charge in [-0.3, -0.25) is 9.69 Å². The largest absolute Gasteiger partial charge is 0.336 e. The average molecular weight is 499 g/mol. The third kappa shape index (κ3) is 4.88. The van der Waals surface area contributed by atoms with Crippen LogP contribution in [0.4, 0.5) is 0 Å². The van der Waals surface area contributed by atoms with Gasteiger partial charge in [0.1, 0.15) is 5.01 Å². The van der Waals surface area contributed by atoms with E-state index in [1.54, 1.807) is 39.9 Å². The van der Waals surface area contributed by atoms with Crippen LogP contribution < -0.4 is 0 Å². The molecule has 1 aromatic heterocycles. The number of piperidine rings is 1. The molecule has 0 bridgehead atoms. The standard InChI is InChI=1S/C25H30N4O3S2/c1-19-5-4-12-29(17-19)34(31,32)21-10-8-20(9-11-21)25(30)28-15-13-27(14-16-28)18-24-26-22-6-2-3-7-23(22)33-24/h2-3,6-11,19H,4-5,12-18H2,1H3. The number of hydrogen-bond acceptors (Lipinski definition) is 6. The van der Waals surface area contributed by atoms with Crippen molar-refractivity contribution in [3.63, 3.8) is 0 Å². The Morgan fingerprint density at radius 3 is 2.47 bits per heavy atom. The number of carbonyl (C=O) groups is 1. The van der Waals surface area contributed by atoms with Gasteiger partial charge in [0.25, 0.3) is 5.91 Å². The molecule has 1 amide bonds. The molecule has 0 radical (unpaired) electrons. The molecule has 2 fully saturated rings. The Bertz CT molecular complexity index is 1230. The van der Waals surface area contributed by atoms with Crippen LogP contribution in [0.25, 0.3) is 10.2 Å². The van der Waals surface area contributed by atoms with Gasteiger partial charge in [0.05, 0.1) is 21.7 Å². The zero-order valence-corrected chi connectivity index (χ0v) is 21.0. The van der Waals surface area contributed by atoms with E-state index in [2.05, 4.69) is 17.9 Å². The number of carbonyl (C=O) groups excluding carboxylic acids is 1. The van der Waals surface area contributed by atoms with Gasteiger partial charge in [-0.25, -0.2) is 13.4 Å². The molecule has 0 N–H and O–H groups in total. The third-order valence-electron chi connectivity index (χ3n) is 6.72. The predicted octanol–water partition coefficient (Wildman–Crippen LogP) is 3.67.